The predicted octanol–water partition coefficient (Wildman–Crippen LogP) is 2.93. The maximum Gasteiger partial charge on any atom is 0.420 e. The van der Waals surface area contributed by atoms with Gasteiger partial charge >= 0.3 is 6.18 Å². The van der Waals surface area contributed by atoms with E-state index in [0.717, 1.165) is 6.07 Å². The Kier molecular flexibility index (Phi) is 2.67. The normalized spacial score (nSPS) is 11.1. The minimum atomic E-state index is -4.65. The van der Waals surface area contributed by atoms with Crippen LogP contribution in [0, 0.1) is 18.3 Å². The van der Waals surface area contributed by atoms with Crippen LogP contribution in [0.5, 0.6) is 0 Å². The van der Waals surface area contributed by atoms with Gasteiger partial charge in [0.05, 0.1) is 11.6 Å². The van der Waals surface area contributed by atoms with E-state index in [9.17, 15) is 13.2 Å². The van der Waals surface area contributed by atoms with Crippen molar-refractivity contribution in [1.29, 1.82) is 5.26 Å². The number of halogens is 4. The van der Waals surface area contributed by atoms with Gasteiger partial charge in [-0.25, -0.2) is 4.98 Å². The van der Waals surface area contributed by atoms with Gasteiger partial charge in [0.2, 0.25) is 0 Å². The summed E-state index contributed by atoms with van der Waals surface area (Å²) < 4.78 is 37.1. The lowest BCUT2D eigenvalue weighted by Crippen LogP contribution is -2.10. The Morgan fingerprint density at radius 3 is 2.50 bits per heavy atom. The third-order valence-corrected chi connectivity index (χ3v) is 1.78. The van der Waals surface area contributed by atoms with Gasteiger partial charge in [-0.1, -0.05) is 11.6 Å². The molecule has 0 aromatic carbocycles. The molecule has 74 valence electrons. The first kappa shape index (κ1) is 10.8. The van der Waals surface area contributed by atoms with E-state index in [-0.39, 0.29) is 5.69 Å². The smallest absolute Gasteiger partial charge is 0.241 e. The maximum atomic E-state index is 12.4. The topological polar surface area (TPSA) is 36.7 Å². The van der Waals surface area contributed by atoms with Crippen LogP contribution in [-0.2, 0) is 6.18 Å². The second-order valence-corrected chi connectivity index (χ2v) is 2.94. The summed E-state index contributed by atoms with van der Waals surface area (Å²) >= 11 is 5.32. The fourth-order valence-electron chi connectivity index (χ4n) is 0.993. The van der Waals surface area contributed by atoms with Crippen LogP contribution < -0.4 is 0 Å². The zero-order valence-corrected chi connectivity index (χ0v) is 7.74. The zero-order chi connectivity index (χ0) is 10.9. The molecular formula is C8H4ClF3N2. The number of aryl methyl sites for hydroxylation is 1. The molecule has 0 unspecified atom stereocenters. The van der Waals surface area contributed by atoms with Crippen LogP contribution >= 0.6 is 11.6 Å². The Morgan fingerprint density at radius 1 is 1.50 bits per heavy atom. The van der Waals surface area contributed by atoms with Crippen LogP contribution in [0.2, 0.25) is 5.15 Å². The number of nitrogens with zero attached hydrogens (tertiary/aromatic N) is 2. The van der Waals surface area contributed by atoms with E-state index in [1.165, 1.54) is 13.0 Å². The minimum Gasteiger partial charge on any atom is -0.241 e. The van der Waals surface area contributed by atoms with Crippen molar-refractivity contribution < 1.29 is 13.2 Å². The van der Waals surface area contributed by atoms with Gasteiger partial charge in [-0.3, -0.25) is 0 Å². The predicted molar refractivity (Wildman–Crippen MR) is 43.7 cm³/mol. The molecule has 1 aromatic heterocycles. The van der Waals surface area contributed by atoms with Gasteiger partial charge in [-0.05, 0) is 13.0 Å². The molecule has 0 spiro atoms. The van der Waals surface area contributed by atoms with Gasteiger partial charge in [-0.2, -0.15) is 18.4 Å². The zero-order valence-electron chi connectivity index (χ0n) is 6.98. The van der Waals surface area contributed by atoms with E-state index in [2.05, 4.69) is 4.98 Å². The highest BCUT2D eigenvalue weighted by atomic mass is 35.5. The standard InChI is InChI=1S/C8H4ClF3N2/c1-4-2-5(3-13)6(7(9)14-4)8(10,11)12/h2H,1H3. The summed E-state index contributed by atoms with van der Waals surface area (Å²) in [6.45, 7) is 1.47. The van der Waals surface area contributed by atoms with Crippen molar-refractivity contribution in [3.8, 4) is 6.07 Å². The molecule has 1 aromatic rings. The largest absolute Gasteiger partial charge is 0.420 e. The fraction of sp³-hybridized carbons (Fsp3) is 0.250. The van der Waals surface area contributed by atoms with E-state index in [1.54, 1.807) is 0 Å². The van der Waals surface area contributed by atoms with Crippen molar-refractivity contribution in [2.24, 2.45) is 0 Å². The molecule has 14 heavy (non-hydrogen) atoms. The third kappa shape index (κ3) is 1.96. The summed E-state index contributed by atoms with van der Waals surface area (Å²) in [6.07, 6.45) is -4.65. The fourth-order valence-corrected chi connectivity index (χ4v) is 1.34. The molecular weight excluding hydrogens is 217 g/mol. The van der Waals surface area contributed by atoms with Gasteiger partial charge in [-0.15, -0.1) is 0 Å². The lowest BCUT2D eigenvalue weighted by molar-refractivity contribution is -0.137. The van der Waals surface area contributed by atoms with Gasteiger partial charge < -0.3 is 0 Å². The summed E-state index contributed by atoms with van der Waals surface area (Å²) in [5.74, 6) is 0. The van der Waals surface area contributed by atoms with Crippen molar-refractivity contribution in [2.45, 2.75) is 13.1 Å². The highest BCUT2D eigenvalue weighted by molar-refractivity contribution is 6.30. The Hall–Kier alpha value is -1.28. The van der Waals surface area contributed by atoms with E-state index in [1.807, 2.05) is 0 Å². The summed E-state index contributed by atoms with van der Waals surface area (Å²) in [5.41, 5.74) is -1.40. The maximum absolute atomic E-state index is 12.4. The molecule has 0 saturated heterocycles. The van der Waals surface area contributed by atoms with Crippen LogP contribution in [-0.4, -0.2) is 4.98 Å². The van der Waals surface area contributed by atoms with Crippen molar-refractivity contribution in [2.75, 3.05) is 0 Å². The molecule has 0 N–H and O–H groups in total. The van der Waals surface area contributed by atoms with Crippen molar-refractivity contribution in [1.82, 2.24) is 4.98 Å². The average Bonchev–Trinajstić information content (AvgIpc) is 1.99. The van der Waals surface area contributed by atoms with Crippen LogP contribution in [0.4, 0.5) is 13.2 Å². The first-order valence-electron chi connectivity index (χ1n) is 3.50. The highest BCUT2D eigenvalue weighted by Crippen LogP contribution is 2.36. The van der Waals surface area contributed by atoms with Crippen LogP contribution in [0.1, 0.15) is 16.8 Å². The van der Waals surface area contributed by atoms with Crippen LogP contribution in [0.3, 0.4) is 0 Å². The molecule has 0 radical (unpaired) electrons. The Bertz CT molecular complexity index is 406. The molecule has 0 saturated carbocycles. The molecule has 0 amide bonds. The number of nitriles is 1. The molecule has 0 aliphatic carbocycles. The van der Waals surface area contributed by atoms with E-state index >= 15 is 0 Å². The molecule has 1 rings (SSSR count). The highest BCUT2D eigenvalue weighted by Gasteiger charge is 2.37. The molecule has 0 fully saturated rings. The first-order valence-corrected chi connectivity index (χ1v) is 3.88. The summed E-state index contributed by atoms with van der Waals surface area (Å²) in [6, 6.07) is 2.49. The number of pyridine rings is 1. The SMILES string of the molecule is Cc1cc(C#N)c(C(F)(F)F)c(Cl)n1. The molecule has 0 aliphatic rings. The van der Waals surface area contributed by atoms with Crippen LogP contribution in [0.25, 0.3) is 0 Å². The third-order valence-electron chi connectivity index (χ3n) is 1.51. The molecule has 0 bridgehead atoms. The lowest BCUT2D eigenvalue weighted by Gasteiger charge is -2.10. The molecule has 0 atom stereocenters. The van der Waals surface area contributed by atoms with E-state index in [0.29, 0.717) is 0 Å². The second-order valence-electron chi connectivity index (χ2n) is 2.59. The number of hydrogen-bond donors (Lipinski definition) is 0. The van der Waals surface area contributed by atoms with Gasteiger partial charge in [0.25, 0.3) is 0 Å². The van der Waals surface area contributed by atoms with Gasteiger partial charge in [0, 0.05) is 5.69 Å². The number of aromatic nitrogens is 1. The average molecular weight is 221 g/mol. The van der Waals surface area contributed by atoms with E-state index in [4.69, 9.17) is 16.9 Å². The molecule has 0 aliphatic heterocycles. The Labute approximate surface area is 82.9 Å². The first-order chi connectivity index (χ1) is 6.36. The molecule has 6 heteroatoms. The van der Waals surface area contributed by atoms with E-state index < -0.39 is 22.5 Å². The minimum absolute atomic E-state index is 0.277. The van der Waals surface area contributed by atoms with Crippen LogP contribution in [0.15, 0.2) is 6.07 Å². The lowest BCUT2D eigenvalue weighted by atomic mass is 10.1. The Morgan fingerprint density at radius 2 is 2.07 bits per heavy atom. The van der Waals surface area contributed by atoms with Crippen molar-refractivity contribution in [3.63, 3.8) is 0 Å². The Balaban J connectivity index is 3.51. The monoisotopic (exact) mass is 220 g/mol. The summed E-state index contributed by atoms with van der Waals surface area (Å²) in [7, 11) is 0. The van der Waals surface area contributed by atoms with Gasteiger partial charge in [0.1, 0.15) is 10.7 Å². The van der Waals surface area contributed by atoms with Gasteiger partial charge in [0.15, 0.2) is 0 Å². The quantitative estimate of drug-likeness (QED) is 0.631. The molecule has 1 heterocycles. The van der Waals surface area contributed by atoms with Crippen molar-refractivity contribution in [3.05, 3.63) is 28.0 Å². The summed E-state index contributed by atoms with van der Waals surface area (Å²) in [5, 5.41) is 7.81. The number of alkyl halides is 3. The summed E-state index contributed by atoms with van der Waals surface area (Å²) in [4.78, 5) is 3.44. The molecule has 2 nitrogen and oxygen atoms in total. The number of hydrogen-bond acceptors (Lipinski definition) is 2. The van der Waals surface area contributed by atoms with Crippen molar-refractivity contribution >= 4 is 11.6 Å². The second kappa shape index (κ2) is 3.46. The number of rotatable bonds is 0.